The van der Waals surface area contributed by atoms with E-state index in [1.165, 1.54) is 16.2 Å². The fraction of sp³-hybridized carbons (Fsp3) is 0.125. The molecule has 9 heteroatoms. The molecular weight excluding hydrogens is 462 g/mol. The number of carbonyl (C=O) groups is 2. The van der Waals surface area contributed by atoms with Crippen molar-refractivity contribution < 1.29 is 19.4 Å². The highest BCUT2D eigenvalue weighted by Gasteiger charge is 2.48. The highest BCUT2D eigenvalue weighted by Crippen LogP contribution is 2.43. The minimum atomic E-state index is -0.836. The van der Waals surface area contributed by atoms with Gasteiger partial charge in [0.2, 0.25) is 5.95 Å². The number of nitrogens with zero attached hydrogens (tertiary/aromatic N) is 2. The molecule has 0 saturated carbocycles. The first-order valence-corrected chi connectivity index (χ1v) is 11.5. The van der Waals surface area contributed by atoms with Gasteiger partial charge in [-0.1, -0.05) is 29.8 Å². The van der Waals surface area contributed by atoms with Crippen molar-refractivity contribution in [1.29, 1.82) is 0 Å². The molecule has 1 fully saturated rings. The van der Waals surface area contributed by atoms with Crippen molar-refractivity contribution >= 4 is 57.4 Å². The average molecular weight is 480 g/mol. The summed E-state index contributed by atoms with van der Waals surface area (Å²) < 4.78 is 5.52. The molecule has 1 saturated heterocycles. The van der Waals surface area contributed by atoms with Crippen LogP contribution < -0.4 is 9.64 Å². The van der Waals surface area contributed by atoms with Crippen LogP contribution in [0.2, 0.25) is 5.02 Å². The number of thiophene rings is 1. The summed E-state index contributed by atoms with van der Waals surface area (Å²) in [5, 5.41) is 13.5. The first-order chi connectivity index (χ1) is 16.0. The van der Waals surface area contributed by atoms with E-state index in [0.29, 0.717) is 28.5 Å². The Hall–Kier alpha value is -3.62. The van der Waals surface area contributed by atoms with E-state index in [0.717, 1.165) is 10.4 Å². The van der Waals surface area contributed by atoms with Crippen LogP contribution in [-0.2, 0) is 9.59 Å². The van der Waals surface area contributed by atoms with E-state index in [4.69, 9.17) is 16.3 Å². The fourth-order valence-electron chi connectivity index (χ4n) is 3.89. The highest BCUT2D eigenvalue weighted by atomic mass is 35.5. The molecule has 0 spiro atoms. The zero-order valence-electron chi connectivity index (χ0n) is 17.4. The molecule has 2 N–H and O–H groups in total. The van der Waals surface area contributed by atoms with E-state index in [9.17, 15) is 14.7 Å². The number of fused-ring (bicyclic) bond motifs is 1. The molecule has 2 aromatic carbocycles. The predicted molar refractivity (Wildman–Crippen MR) is 128 cm³/mol. The molecule has 3 heterocycles. The fourth-order valence-corrected chi connectivity index (χ4v) is 4.89. The van der Waals surface area contributed by atoms with E-state index in [2.05, 4.69) is 9.97 Å². The molecule has 1 aliphatic heterocycles. The number of anilines is 1. The van der Waals surface area contributed by atoms with Gasteiger partial charge in [0.25, 0.3) is 5.78 Å². The monoisotopic (exact) mass is 479 g/mol. The summed E-state index contributed by atoms with van der Waals surface area (Å²) in [5.74, 6) is -1.25. The number of aliphatic hydroxyl groups excluding tert-OH is 1. The number of aromatic nitrogens is 2. The van der Waals surface area contributed by atoms with Crippen LogP contribution in [0.5, 0.6) is 5.75 Å². The quantitative estimate of drug-likeness (QED) is 0.230. The third kappa shape index (κ3) is 3.57. The summed E-state index contributed by atoms with van der Waals surface area (Å²) in [7, 11) is 0. The number of rotatable bonds is 5. The van der Waals surface area contributed by atoms with Gasteiger partial charge in [0.1, 0.15) is 17.6 Å². The Bertz CT molecular complexity index is 1380. The third-order valence-electron chi connectivity index (χ3n) is 5.37. The number of ketones is 1. The lowest BCUT2D eigenvalue weighted by Crippen LogP contribution is -2.30. The normalized spacial score (nSPS) is 17.8. The smallest absolute Gasteiger partial charge is 0.302 e. The van der Waals surface area contributed by atoms with E-state index in [1.54, 1.807) is 18.2 Å². The van der Waals surface area contributed by atoms with Crippen molar-refractivity contribution in [1.82, 2.24) is 9.97 Å². The lowest BCUT2D eigenvalue weighted by molar-refractivity contribution is -0.132. The number of Topliss-reactive ketones (excluding diaryl/α,β-unsaturated/α-hetero) is 1. The average Bonchev–Trinajstić information content (AvgIpc) is 3.54. The van der Waals surface area contributed by atoms with Crippen molar-refractivity contribution in [2.24, 2.45) is 0 Å². The van der Waals surface area contributed by atoms with Gasteiger partial charge in [-0.05, 0) is 48.7 Å². The number of para-hydroxylation sites is 2. The molecule has 166 valence electrons. The lowest BCUT2D eigenvalue weighted by Gasteiger charge is -2.21. The third-order valence-corrected chi connectivity index (χ3v) is 6.60. The molecule has 4 aromatic rings. The van der Waals surface area contributed by atoms with Gasteiger partial charge in [0, 0.05) is 10.4 Å². The molecule has 0 bridgehead atoms. The van der Waals surface area contributed by atoms with Crippen molar-refractivity contribution in [3.8, 4) is 5.75 Å². The number of benzene rings is 2. The molecule has 5 rings (SSSR count). The first kappa shape index (κ1) is 21.2. The van der Waals surface area contributed by atoms with Crippen LogP contribution in [0.15, 0.2) is 65.6 Å². The molecule has 2 aromatic heterocycles. The Kier molecular flexibility index (Phi) is 5.39. The second kappa shape index (κ2) is 8.38. The zero-order chi connectivity index (χ0) is 23.1. The van der Waals surface area contributed by atoms with E-state index < -0.39 is 17.7 Å². The summed E-state index contributed by atoms with van der Waals surface area (Å²) in [5.41, 5.74) is 1.71. The number of aliphatic hydroxyl groups is 1. The van der Waals surface area contributed by atoms with Crippen molar-refractivity contribution in [2.75, 3.05) is 11.5 Å². The molecule has 1 atom stereocenters. The SMILES string of the molecule is CCOc1cc(/C(O)=C2\C(=O)C(=O)N(c3nc4ccccc4[nH]3)C2c2cccs2)ccc1Cl. The minimum Gasteiger partial charge on any atom is -0.507 e. The van der Waals surface area contributed by atoms with Gasteiger partial charge in [0.05, 0.1) is 28.2 Å². The second-order valence-corrected chi connectivity index (χ2v) is 8.73. The number of halogens is 1. The molecule has 0 radical (unpaired) electrons. The van der Waals surface area contributed by atoms with Crippen LogP contribution in [0.1, 0.15) is 23.4 Å². The molecule has 0 aliphatic carbocycles. The number of imidazole rings is 1. The minimum absolute atomic E-state index is 0.0207. The number of amides is 1. The van der Waals surface area contributed by atoms with Crippen LogP contribution in [0.25, 0.3) is 16.8 Å². The summed E-state index contributed by atoms with van der Waals surface area (Å²) >= 11 is 7.56. The molecule has 1 amide bonds. The zero-order valence-corrected chi connectivity index (χ0v) is 19.0. The maximum atomic E-state index is 13.2. The van der Waals surface area contributed by atoms with Gasteiger partial charge in [-0.15, -0.1) is 11.3 Å². The van der Waals surface area contributed by atoms with Gasteiger partial charge in [-0.25, -0.2) is 4.98 Å². The number of nitrogens with one attached hydrogen (secondary N) is 1. The molecule has 7 nitrogen and oxygen atoms in total. The molecular formula is C24H18ClN3O4S. The Labute approximate surface area is 197 Å². The summed E-state index contributed by atoms with van der Waals surface area (Å²) in [6.07, 6.45) is 0. The number of ether oxygens (including phenoxy) is 1. The van der Waals surface area contributed by atoms with Gasteiger partial charge < -0.3 is 14.8 Å². The standard InChI is InChI=1S/C24H18ClN3O4S/c1-2-32-17-12-13(9-10-14(17)25)21(29)19-20(18-8-5-11-33-18)28(23(31)22(19)30)24-26-15-6-3-4-7-16(15)27-24/h3-12,20,29H,2H2,1H3,(H,26,27)/b21-19+. The Morgan fingerprint density at radius 1 is 1.21 bits per heavy atom. The Morgan fingerprint density at radius 2 is 2.03 bits per heavy atom. The van der Waals surface area contributed by atoms with E-state index in [-0.39, 0.29) is 17.3 Å². The highest BCUT2D eigenvalue weighted by molar-refractivity contribution is 7.10. The maximum absolute atomic E-state index is 13.2. The number of H-pyrrole nitrogens is 1. The largest absolute Gasteiger partial charge is 0.507 e. The van der Waals surface area contributed by atoms with Crippen LogP contribution in [0, 0.1) is 0 Å². The van der Waals surface area contributed by atoms with Crippen LogP contribution in [0.4, 0.5) is 5.95 Å². The van der Waals surface area contributed by atoms with Crippen LogP contribution in [0.3, 0.4) is 0 Å². The number of hydrogen-bond acceptors (Lipinski definition) is 6. The maximum Gasteiger partial charge on any atom is 0.302 e. The van der Waals surface area contributed by atoms with E-state index >= 15 is 0 Å². The molecule has 33 heavy (non-hydrogen) atoms. The van der Waals surface area contributed by atoms with Crippen molar-refractivity contribution in [3.05, 3.63) is 81.0 Å². The van der Waals surface area contributed by atoms with Crippen LogP contribution >= 0.6 is 22.9 Å². The summed E-state index contributed by atoms with van der Waals surface area (Å²) in [6.45, 7) is 2.20. The van der Waals surface area contributed by atoms with Gasteiger partial charge in [-0.2, -0.15) is 0 Å². The first-order valence-electron chi connectivity index (χ1n) is 10.2. The Morgan fingerprint density at radius 3 is 2.76 bits per heavy atom. The van der Waals surface area contributed by atoms with Gasteiger partial charge >= 0.3 is 5.91 Å². The van der Waals surface area contributed by atoms with Crippen molar-refractivity contribution in [3.63, 3.8) is 0 Å². The summed E-state index contributed by atoms with van der Waals surface area (Å²) in [4.78, 5) is 36.0. The number of carbonyl (C=O) groups excluding carboxylic acids is 2. The Balaban J connectivity index is 1.69. The van der Waals surface area contributed by atoms with Crippen LogP contribution in [-0.4, -0.2) is 33.4 Å². The van der Waals surface area contributed by atoms with Gasteiger partial charge in [0.15, 0.2) is 0 Å². The predicted octanol–water partition coefficient (Wildman–Crippen LogP) is 5.30. The number of hydrogen-bond donors (Lipinski definition) is 2. The molecule has 1 aliphatic rings. The topological polar surface area (TPSA) is 95.5 Å². The number of aromatic amines is 1. The summed E-state index contributed by atoms with van der Waals surface area (Å²) in [6, 6.07) is 14.9. The molecule has 1 unspecified atom stereocenters. The van der Waals surface area contributed by atoms with Gasteiger partial charge in [-0.3, -0.25) is 14.5 Å². The van der Waals surface area contributed by atoms with Crippen molar-refractivity contribution in [2.45, 2.75) is 13.0 Å². The second-order valence-electron chi connectivity index (χ2n) is 7.34. The lowest BCUT2D eigenvalue weighted by atomic mass is 10.00. The van der Waals surface area contributed by atoms with E-state index in [1.807, 2.05) is 48.7 Å².